The highest BCUT2D eigenvalue weighted by atomic mass is 32.1. The molecule has 1 amide bonds. The van der Waals surface area contributed by atoms with Crippen molar-refractivity contribution in [2.45, 2.75) is 32.1 Å². The van der Waals surface area contributed by atoms with Gasteiger partial charge in [0.15, 0.2) is 5.76 Å². The molecule has 10 heteroatoms. The highest BCUT2D eigenvalue weighted by Gasteiger charge is 2.38. The summed E-state index contributed by atoms with van der Waals surface area (Å²) in [6, 6.07) is 9.81. The number of rotatable bonds is 14. The number of benzene rings is 1. The molecule has 0 spiro atoms. The van der Waals surface area contributed by atoms with Crippen LogP contribution in [0.1, 0.15) is 30.7 Å². The quantitative estimate of drug-likeness (QED) is 0.282. The van der Waals surface area contributed by atoms with Crippen molar-refractivity contribution in [3.63, 3.8) is 0 Å². The third-order valence-corrected chi connectivity index (χ3v) is 6.63. The van der Waals surface area contributed by atoms with Crippen molar-refractivity contribution < 1.29 is 28.8 Å². The van der Waals surface area contributed by atoms with Crippen molar-refractivity contribution >= 4 is 28.3 Å². The Morgan fingerprint density at radius 2 is 2.03 bits per heavy atom. The summed E-state index contributed by atoms with van der Waals surface area (Å²) in [5.41, 5.74) is 2.90. The van der Waals surface area contributed by atoms with Gasteiger partial charge in [0.05, 0.1) is 44.0 Å². The summed E-state index contributed by atoms with van der Waals surface area (Å²) in [7, 11) is 0. The van der Waals surface area contributed by atoms with Crippen LogP contribution in [0.15, 0.2) is 52.9 Å². The number of ether oxygens (including phenoxy) is 4. The number of aromatic amines is 1. The smallest absolute Gasteiger partial charge is 0.286 e. The van der Waals surface area contributed by atoms with E-state index in [2.05, 4.69) is 26.7 Å². The Labute approximate surface area is 214 Å². The van der Waals surface area contributed by atoms with Gasteiger partial charge in [-0.05, 0) is 53.9 Å². The number of fused-ring (bicyclic) bond motifs is 1. The Morgan fingerprint density at radius 1 is 1.19 bits per heavy atom. The van der Waals surface area contributed by atoms with Gasteiger partial charge in [-0.25, -0.2) is 4.98 Å². The van der Waals surface area contributed by atoms with Crippen LogP contribution in [0, 0.1) is 5.92 Å². The lowest BCUT2D eigenvalue weighted by atomic mass is 9.82. The number of nitrogens with zero attached hydrogens (tertiary/aromatic N) is 1. The number of allylic oxidation sites excluding steroid dienone is 1. The van der Waals surface area contributed by atoms with Crippen LogP contribution < -0.4 is 5.32 Å². The number of hydrogen-bond donors (Lipinski definition) is 3. The third-order valence-electron chi connectivity index (χ3n) is 5.93. The molecular weight excluding hydrogens is 482 g/mol. The zero-order valence-electron chi connectivity index (χ0n) is 20.4. The maximum absolute atomic E-state index is 13.1. The van der Waals surface area contributed by atoms with E-state index in [1.165, 1.54) is 0 Å². The largest absolute Gasteiger partial charge is 0.459 e. The lowest BCUT2D eigenvalue weighted by Crippen LogP contribution is -2.39. The van der Waals surface area contributed by atoms with Crippen molar-refractivity contribution in [1.82, 2.24) is 15.3 Å². The van der Waals surface area contributed by atoms with E-state index in [0.29, 0.717) is 45.3 Å². The Bertz CT molecular complexity index is 1080. The van der Waals surface area contributed by atoms with Gasteiger partial charge in [-0.15, -0.1) is 0 Å². The maximum atomic E-state index is 13.1. The Hall–Kier alpha value is -2.76. The first-order chi connectivity index (χ1) is 17.7. The number of aliphatic hydroxyl groups is 1. The second-order valence-electron chi connectivity index (χ2n) is 8.34. The molecule has 0 fully saturated rings. The molecule has 0 radical (unpaired) electrons. The first-order valence-electron chi connectivity index (χ1n) is 12.2. The first kappa shape index (κ1) is 26.3. The van der Waals surface area contributed by atoms with Crippen LogP contribution in [0.25, 0.3) is 11.0 Å². The van der Waals surface area contributed by atoms with E-state index in [9.17, 15) is 4.79 Å². The summed E-state index contributed by atoms with van der Waals surface area (Å²) in [6.07, 6.45) is 2.00. The van der Waals surface area contributed by atoms with E-state index in [1.54, 1.807) is 11.3 Å². The van der Waals surface area contributed by atoms with Crippen LogP contribution in [0.4, 0.5) is 0 Å². The van der Waals surface area contributed by atoms with E-state index in [4.69, 9.17) is 24.1 Å². The number of thiophene rings is 1. The summed E-state index contributed by atoms with van der Waals surface area (Å²) < 4.78 is 23.0. The normalized spacial score (nSPS) is 19.7. The van der Waals surface area contributed by atoms with Gasteiger partial charge in [0.1, 0.15) is 5.82 Å². The molecule has 0 saturated carbocycles. The molecule has 3 N–H and O–H groups in total. The highest BCUT2D eigenvalue weighted by Crippen LogP contribution is 2.39. The van der Waals surface area contributed by atoms with E-state index >= 15 is 0 Å². The fourth-order valence-electron chi connectivity index (χ4n) is 4.23. The Balaban J connectivity index is 1.42. The number of aromatic nitrogens is 2. The average Bonchev–Trinajstić information content (AvgIpc) is 3.57. The number of carbonyl (C=O) groups is 1. The number of amides is 1. The van der Waals surface area contributed by atoms with Gasteiger partial charge < -0.3 is 34.4 Å². The van der Waals surface area contributed by atoms with E-state index in [1.807, 2.05) is 42.6 Å². The minimum absolute atomic E-state index is 0.00170. The standard InChI is InChI=1S/C26H33N3O6S/c1-2-34-26-19(7-10-32-12-13-33-11-9-30)20(18-8-14-36-17-18)15-23(35-26)25(31)27-16-24-28-21-5-3-4-6-22(21)29-24/h3-6,8,14-15,17,19-20,26,30H,2,7,9-13,16H2,1H3,(H,27,31)(H,28,29)/t19-,20-,26-/m1/s1. The third kappa shape index (κ3) is 6.92. The van der Waals surface area contributed by atoms with Crippen LogP contribution in [0.3, 0.4) is 0 Å². The molecule has 4 rings (SSSR count). The second-order valence-corrected chi connectivity index (χ2v) is 9.12. The molecule has 0 bridgehead atoms. The molecule has 0 aliphatic carbocycles. The summed E-state index contributed by atoms with van der Waals surface area (Å²) >= 11 is 1.62. The molecule has 0 saturated heterocycles. The summed E-state index contributed by atoms with van der Waals surface area (Å²) in [6.45, 7) is 4.31. The van der Waals surface area contributed by atoms with Crippen LogP contribution in [-0.2, 0) is 30.3 Å². The molecule has 3 heterocycles. The van der Waals surface area contributed by atoms with Gasteiger partial charge in [-0.1, -0.05) is 12.1 Å². The minimum Gasteiger partial charge on any atom is -0.459 e. The number of imidazole rings is 1. The van der Waals surface area contributed by atoms with Gasteiger partial charge in [0, 0.05) is 25.0 Å². The topological polar surface area (TPSA) is 115 Å². The van der Waals surface area contributed by atoms with Crippen molar-refractivity contribution in [2.75, 3.05) is 39.6 Å². The number of aliphatic hydroxyl groups excluding tert-OH is 1. The molecule has 1 aromatic carbocycles. The van der Waals surface area contributed by atoms with Gasteiger partial charge in [-0.3, -0.25) is 4.79 Å². The fraction of sp³-hybridized carbons (Fsp3) is 0.462. The number of carbonyl (C=O) groups excluding carboxylic acids is 1. The molecular formula is C26H33N3O6S. The van der Waals surface area contributed by atoms with Gasteiger partial charge >= 0.3 is 0 Å². The first-order valence-corrected chi connectivity index (χ1v) is 13.1. The molecule has 3 atom stereocenters. The maximum Gasteiger partial charge on any atom is 0.286 e. The van der Waals surface area contributed by atoms with Crippen molar-refractivity contribution in [2.24, 2.45) is 5.92 Å². The molecule has 1 aliphatic heterocycles. The summed E-state index contributed by atoms with van der Waals surface area (Å²) in [4.78, 5) is 20.8. The lowest BCUT2D eigenvalue weighted by Gasteiger charge is -2.36. The molecule has 194 valence electrons. The zero-order chi connectivity index (χ0) is 25.2. The van der Waals surface area contributed by atoms with Crippen LogP contribution in [0.2, 0.25) is 0 Å². The fourth-order valence-corrected chi connectivity index (χ4v) is 4.94. The van der Waals surface area contributed by atoms with Gasteiger partial charge in [-0.2, -0.15) is 11.3 Å². The number of hydrogen-bond acceptors (Lipinski definition) is 8. The van der Waals surface area contributed by atoms with Crippen molar-refractivity contribution in [1.29, 1.82) is 0 Å². The van der Waals surface area contributed by atoms with Gasteiger partial charge in [0.25, 0.3) is 5.91 Å². The van der Waals surface area contributed by atoms with Crippen LogP contribution in [-0.4, -0.2) is 66.9 Å². The monoisotopic (exact) mass is 515 g/mol. The SMILES string of the molecule is CCO[C@@H]1OC(C(=O)NCc2nc3ccccc3[nH]2)=C[C@H](c2ccsc2)[C@H]1CCOCCOCCO. The molecule has 0 unspecified atom stereocenters. The predicted molar refractivity (Wildman–Crippen MR) is 136 cm³/mol. The minimum atomic E-state index is -0.578. The molecule has 9 nitrogen and oxygen atoms in total. The Kier molecular flexibility index (Phi) is 9.88. The second kappa shape index (κ2) is 13.5. The van der Waals surface area contributed by atoms with Crippen molar-refractivity contribution in [3.05, 3.63) is 64.3 Å². The van der Waals surface area contributed by atoms with Crippen LogP contribution >= 0.6 is 11.3 Å². The zero-order valence-corrected chi connectivity index (χ0v) is 21.2. The predicted octanol–water partition coefficient (Wildman–Crippen LogP) is 3.33. The molecule has 1 aliphatic rings. The lowest BCUT2D eigenvalue weighted by molar-refractivity contribution is -0.168. The van der Waals surface area contributed by atoms with Crippen LogP contribution in [0.5, 0.6) is 0 Å². The number of H-pyrrole nitrogens is 1. The molecule has 36 heavy (non-hydrogen) atoms. The molecule has 2 aromatic heterocycles. The Morgan fingerprint density at radius 3 is 2.78 bits per heavy atom. The van der Waals surface area contributed by atoms with E-state index < -0.39 is 6.29 Å². The van der Waals surface area contributed by atoms with E-state index in [0.717, 1.165) is 16.6 Å². The van der Waals surface area contributed by atoms with E-state index in [-0.39, 0.29) is 36.7 Å². The molecule has 3 aromatic rings. The number of para-hydroxylation sites is 2. The van der Waals surface area contributed by atoms with Gasteiger partial charge in [0.2, 0.25) is 6.29 Å². The van der Waals surface area contributed by atoms with Crippen molar-refractivity contribution in [3.8, 4) is 0 Å². The average molecular weight is 516 g/mol. The summed E-state index contributed by atoms with van der Waals surface area (Å²) in [5.74, 6) is 0.536. The highest BCUT2D eigenvalue weighted by molar-refractivity contribution is 7.08. The summed E-state index contributed by atoms with van der Waals surface area (Å²) in [5, 5.41) is 15.8. The number of nitrogens with one attached hydrogen (secondary N) is 2.